The molecule has 1 saturated heterocycles. The van der Waals surface area contributed by atoms with Crippen molar-refractivity contribution in [2.75, 3.05) is 13.1 Å². The zero-order chi connectivity index (χ0) is 13.7. The van der Waals surface area contributed by atoms with Gasteiger partial charge in [0.1, 0.15) is 12.2 Å². The SMILES string of the molecule is CCNC(C)C1CCCCN1Cc1ncnn1CC. The molecular weight excluding hydrogens is 238 g/mol. The number of nitrogens with zero attached hydrogens (tertiary/aromatic N) is 4. The van der Waals surface area contributed by atoms with Crippen LogP contribution in [0.1, 0.15) is 45.9 Å². The Hall–Kier alpha value is -0.940. The largest absolute Gasteiger partial charge is 0.313 e. The van der Waals surface area contributed by atoms with Crippen LogP contribution in [-0.4, -0.2) is 44.8 Å². The highest BCUT2D eigenvalue weighted by molar-refractivity contribution is 4.91. The Balaban J connectivity index is 2.03. The zero-order valence-corrected chi connectivity index (χ0v) is 12.5. The molecule has 5 nitrogen and oxygen atoms in total. The van der Waals surface area contributed by atoms with Crippen molar-refractivity contribution < 1.29 is 0 Å². The second kappa shape index (κ2) is 7.01. The second-order valence-corrected chi connectivity index (χ2v) is 5.37. The van der Waals surface area contributed by atoms with Crippen LogP contribution in [0.3, 0.4) is 0 Å². The van der Waals surface area contributed by atoms with Crippen LogP contribution in [0.15, 0.2) is 6.33 Å². The van der Waals surface area contributed by atoms with Crippen LogP contribution in [0.2, 0.25) is 0 Å². The molecule has 1 aliphatic heterocycles. The van der Waals surface area contributed by atoms with E-state index in [-0.39, 0.29) is 0 Å². The van der Waals surface area contributed by atoms with Gasteiger partial charge >= 0.3 is 0 Å². The fourth-order valence-electron chi connectivity index (χ4n) is 3.09. The van der Waals surface area contributed by atoms with Crippen molar-refractivity contribution in [3.8, 4) is 0 Å². The van der Waals surface area contributed by atoms with Gasteiger partial charge in [-0.1, -0.05) is 13.3 Å². The predicted molar refractivity (Wildman–Crippen MR) is 76.9 cm³/mol. The topological polar surface area (TPSA) is 46.0 Å². The van der Waals surface area contributed by atoms with Crippen LogP contribution >= 0.6 is 0 Å². The van der Waals surface area contributed by atoms with Gasteiger partial charge < -0.3 is 5.32 Å². The Morgan fingerprint density at radius 2 is 2.26 bits per heavy atom. The molecule has 19 heavy (non-hydrogen) atoms. The van der Waals surface area contributed by atoms with Gasteiger partial charge in [0.25, 0.3) is 0 Å². The summed E-state index contributed by atoms with van der Waals surface area (Å²) in [5.74, 6) is 1.10. The molecule has 0 aliphatic carbocycles. The first kappa shape index (κ1) is 14.5. The average molecular weight is 265 g/mol. The number of rotatable bonds is 6. The van der Waals surface area contributed by atoms with Crippen molar-refractivity contribution in [3.63, 3.8) is 0 Å². The van der Waals surface area contributed by atoms with E-state index in [1.165, 1.54) is 25.8 Å². The molecule has 0 saturated carbocycles. The molecule has 2 heterocycles. The lowest BCUT2D eigenvalue weighted by Crippen LogP contribution is -2.50. The van der Waals surface area contributed by atoms with Crippen LogP contribution < -0.4 is 5.32 Å². The number of hydrogen-bond acceptors (Lipinski definition) is 4. The minimum absolute atomic E-state index is 0.545. The summed E-state index contributed by atoms with van der Waals surface area (Å²) >= 11 is 0. The Morgan fingerprint density at radius 1 is 1.42 bits per heavy atom. The molecular formula is C14H27N5. The smallest absolute Gasteiger partial charge is 0.141 e. The average Bonchev–Trinajstić information content (AvgIpc) is 2.87. The van der Waals surface area contributed by atoms with Gasteiger partial charge in [-0.05, 0) is 39.8 Å². The molecule has 0 amide bonds. The van der Waals surface area contributed by atoms with E-state index in [0.717, 1.165) is 25.5 Å². The lowest BCUT2D eigenvalue weighted by Gasteiger charge is -2.39. The summed E-state index contributed by atoms with van der Waals surface area (Å²) < 4.78 is 2.00. The Labute approximate surface area is 116 Å². The van der Waals surface area contributed by atoms with Crippen LogP contribution in [-0.2, 0) is 13.1 Å². The summed E-state index contributed by atoms with van der Waals surface area (Å²) in [5.41, 5.74) is 0. The number of aromatic nitrogens is 3. The summed E-state index contributed by atoms with van der Waals surface area (Å²) in [5, 5.41) is 7.84. The number of aryl methyl sites for hydroxylation is 1. The summed E-state index contributed by atoms with van der Waals surface area (Å²) in [6.45, 7) is 10.6. The van der Waals surface area contributed by atoms with Crippen molar-refractivity contribution in [1.29, 1.82) is 0 Å². The monoisotopic (exact) mass is 265 g/mol. The molecule has 1 aromatic heterocycles. The van der Waals surface area contributed by atoms with E-state index in [1.54, 1.807) is 6.33 Å². The first-order chi connectivity index (χ1) is 9.26. The van der Waals surface area contributed by atoms with Gasteiger partial charge in [0, 0.05) is 18.6 Å². The summed E-state index contributed by atoms with van der Waals surface area (Å²) in [6, 6.07) is 1.17. The van der Waals surface area contributed by atoms with Gasteiger partial charge in [-0.3, -0.25) is 4.90 Å². The third kappa shape index (κ3) is 3.54. The summed E-state index contributed by atoms with van der Waals surface area (Å²) in [6.07, 6.45) is 5.60. The van der Waals surface area contributed by atoms with Crippen molar-refractivity contribution in [2.24, 2.45) is 0 Å². The molecule has 0 bridgehead atoms. The van der Waals surface area contributed by atoms with Crippen LogP contribution in [0.25, 0.3) is 0 Å². The maximum atomic E-state index is 4.41. The minimum Gasteiger partial charge on any atom is -0.313 e. The van der Waals surface area contributed by atoms with E-state index in [2.05, 4.69) is 41.1 Å². The Morgan fingerprint density at radius 3 is 3.00 bits per heavy atom. The third-order valence-corrected chi connectivity index (χ3v) is 4.11. The lowest BCUT2D eigenvalue weighted by molar-refractivity contribution is 0.107. The highest BCUT2D eigenvalue weighted by Crippen LogP contribution is 2.21. The van der Waals surface area contributed by atoms with Gasteiger partial charge in [0.15, 0.2) is 0 Å². The number of likely N-dealkylation sites (tertiary alicyclic amines) is 1. The minimum atomic E-state index is 0.545. The van der Waals surface area contributed by atoms with Gasteiger partial charge in [0.05, 0.1) is 6.54 Å². The first-order valence-corrected chi connectivity index (χ1v) is 7.60. The molecule has 1 fully saturated rings. The Bertz CT molecular complexity index is 376. The van der Waals surface area contributed by atoms with E-state index in [0.29, 0.717) is 12.1 Å². The second-order valence-electron chi connectivity index (χ2n) is 5.37. The number of likely N-dealkylation sites (N-methyl/N-ethyl adjacent to an activating group) is 1. The quantitative estimate of drug-likeness (QED) is 0.849. The molecule has 2 rings (SSSR count). The van der Waals surface area contributed by atoms with E-state index < -0.39 is 0 Å². The van der Waals surface area contributed by atoms with Gasteiger partial charge in [-0.25, -0.2) is 9.67 Å². The fourth-order valence-corrected chi connectivity index (χ4v) is 3.09. The molecule has 1 aliphatic rings. The maximum Gasteiger partial charge on any atom is 0.141 e. The molecule has 2 unspecified atom stereocenters. The molecule has 0 spiro atoms. The molecule has 2 atom stereocenters. The van der Waals surface area contributed by atoms with Gasteiger partial charge in [0.2, 0.25) is 0 Å². The van der Waals surface area contributed by atoms with Crippen LogP contribution in [0.4, 0.5) is 0 Å². The zero-order valence-electron chi connectivity index (χ0n) is 12.5. The number of piperidine rings is 1. The van der Waals surface area contributed by atoms with Crippen LogP contribution in [0.5, 0.6) is 0 Å². The van der Waals surface area contributed by atoms with E-state index >= 15 is 0 Å². The summed E-state index contributed by atoms with van der Waals surface area (Å²) in [4.78, 5) is 6.99. The van der Waals surface area contributed by atoms with E-state index in [4.69, 9.17) is 0 Å². The highest BCUT2D eigenvalue weighted by Gasteiger charge is 2.27. The molecule has 1 aromatic rings. The van der Waals surface area contributed by atoms with Crippen LogP contribution in [0, 0.1) is 0 Å². The third-order valence-electron chi connectivity index (χ3n) is 4.11. The molecule has 0 aromatic carbocycles. The molecule has 1 N–H and O–H groups in total. The molecule has 5 heteroatoms. The van der Waals surface area contributed by atoms with Gasteiger partial charge in [-0.2, -0.15) is 5.10 Å². The maximum absolute atomic E-state index is 4.41. The van der Waals surface area contributed by atoms with Crippen molar-refractivity contribution in [2.45, 2.75) is 65.2 Å². The first-order valence-electron chi connectivity index (χ1n) is 7.60. The molecule has 108 valence electrons. The van der Waals surface area contributed by atoms with E-state index in [1.807, 2.05) is 4.68 Å². The lowest BCUT2D eigenvalue weighted by atomic mass is 9.96. The normalized spacial score (nSPS) is 22.6. The highest BCUT2D eigenvalue weighted by atomic mass is 15.3. The number of hydrogen-bond donors (Lipinski definition) is 1. The van der Waals surface area contributed by atoms with E-state index in [9.17, 15) is 0 Å². The molecule has 0 radical (unpaired) electrons. The number of nitrogens with one attached hydrogen (secondary N) is 1. The predicted octanol–water partition coefficient (Wildman–Crippen LogP) is 1.65. The van der Waals surface area contributed by atoms with Crippen molar-refractivity contribution in [1.82, 2.24) is 25.0 Å². The Kier molecular flexibility index (Phi) is 5.34. The summed E-state index contributed by atoms with van der Waals surface area (Å²) in [7, 11) is 0. The van der Waals surface area contributed by atoms with Crippen molar-refractivity contribution in [3.05, 3.63) is 12.2 Å². The fraction of sp³-hybridized carbons (Fsp3) is 0.857. The van der Waals surface area contributed by atoms with Crippen molar-refractivity contribution >= 4 is 0 Å². The standard InChI is InChI=1S/C14H27N5/c1-4-15-12(3)13-8-6-7-9-18(13)10-14-16-11-17-19(14)5-2/h11-13,15H,4-10H2,1-3H3. The van der Waals surface area contributed by atoms with Gasteiger partial charge in [-0.15, -0.1) is 0 Å².